The molecule has 1 N–H and O–H groups in total. The van der Waals surface area contributed by atoms with Crippen LogP contribution in [0.2, 0.25) is 5.02 Å². The molecule has 7 heteroatoms. The van der Waals surface area contributed by atoms with Crippen LogP contribution in [0.25, 0.3) is 10.1 Å². The maximum Gasteiger partial charge on any atom is 0.266 e. The molecule has 1 aliphatic heterocycles. The molecule has 102 valence electrons. The van der Waals surface area contributed by atoms with E-state index in [2.05, 4.69) is 5.32 Å². The second-order valence-corrected chi connectivity index (χ2v) is 5.80. The van der Waals surface area contributed by atoms with Crippen LogP contribution in [-0.4, -0.2) is 35.7 Å². The Kier molecular flexibility index (Phi) is 3.19. The Morgan fingerprint density at radius 1 is 1.20 bits per heavy atom. The molecule has 1 aliphatic rings. The predicted molar refractivity (Wildman–Crippen MR) is 75.9 cm³/mol. The molecule has 0 spiro atoms. The topological polar surface area (TPSA) is 66.5 Å². The Bertz CT molecular complexity index is 724. The minimum atomic E-state index is -0.480. The van der Waals surface area contributed by atoms with Gasteiger partial charge in [0.25, 0.3) is 5.91 Å². The van der Waals surface area contributed by atoms with E-state index >= 15 is 0 Å². The number of thiophene rings is 1. The number of nitrogens with one attached hydrogen (secondary N) is 1. The van der Waals surface area contributed by atoms with Gasteiger partial charge in [0, 0.05) is 10.1 Å². The third-order valence-electron chi connectivity index (χ3n) is 2.96. The molecule has 0 saturated carbocycles. The number of carbonyl (C=O) groups is 3. The number of benzene rings is 1. The zero-order chi connectivity index (χ0) is 14.3. The first-order chi connectivity index (χ1) is 9.56. The van der Waals surface area contributed by atoms with Crippen LogP contribution in [0.4, 0.5) is 0 Å². The number of amides is 3. The van der Waals surface area contributed by atoms with Crippen LogP contribution in [0.3, 0.4) is 0 Å². The lowest BCUT2D eigenvalue weighted by atomic mass is 10.2. The molecule has 20 heavy (non-hydrogen) atoms. The van der Waals surface area contributed by atoms with Crippen molar-refractivity contribution in [3.8, 4) is 0 Å². The number of nitrogens with zero attached hydrogens (tertiary/aromatic N) is 1. The van der Waals surface area contributed by atoms with Crippen molar-refractivity contribution in [1.82, 2.24) is 10.2 Å². The molecule has 1 saturated heterocycles. The number of imide groups is 1. The van der Waals surface area contributed by atoms with Crippen LogP contribution >= 0.6 is 22.9 Å². The van der Waals surface area contributed by atoms with Crippen LogP contribution in [0.1, 0.15) is 9.67 Å². The van der Waals surface area contributed by atoms with Gasteiger partial charge in [-0.25, -0.2) is 0 Å². The summed E-state index contributed by atoms with van der Waals surface area (Å²) in [6.45, 7) is -0.260. The van der Waals surface area contributed by atoms with Crippen molar-refractivity contribution < 1.29 is 14.4 Å². The highest BCUT2D eigenvalue weighted by Crippen LogP contribution is 2.35. The molecule has 1 aromatic heterocycles. The van der Waals surface area contributed by atoms with Gasteiger partial charge in [-0.1, -0.05) is 29.8 Å². The summed E-state index contributed by atoms with van der Waals surface area (Å²) < 4.78 is 0.897. The molecule has 0 radical (unpaired) electrons. The number of carbonyl (C=O) groups excluding carboxylic acids is 3. The Balaban J connectivity index is 1.98. The molecule has 2 aromatic rings. The fraction of sp³-hybridized carbons (Fsp3) is 0.154. The first-order valence-corrected chi connectivity index (χ1v) is 7.04. The first kappa shape index (κ1) is 13.1. The van der Waals surface area contributed by atoms with Crippen molar-refractivity contribution in [2.24, 2.45) is 0 Å². The number of rotatable bonds is 1. The van der Waals surface area contributed by atoms with Crippen LogP contribution in [0.5, 0.6) is 0 Å². The van der Waals surface area contributed by atoms with Crippen molar-refractivity contribution in [3.63, 3.8) is 0 Å². The fourth-order valence-electron chi connectivity index (χ4n) is 2.08. The van der Waals surface area contributed by atoms with E-state index in [0.717, 1.165) is 10.1 Å². The lowest BCUT2D eigenvalue weighted by Crippen LogP contribution is -2.53. The Hall–Kier alpha value is -1.92. The largest absolute Gasteiger partial charge is 0.319 e. The highest BCUT2D eigenvalue weighted by molar-refractivity contribution is 7.21. The molecule has 2 heterocycles. The van der Waals surface area contributed by atoms with Gasteiger partial charge in [-0.2, -0.15) is 0 Å². The molecule has 3 amide bonds. The number of fused-ring (bicyclic) bond motifs is 1. The van der Waals surface area contributed by atoms with Gasteiger partial charge < -0.3 is 4.90 Å². The molecule has 3 rings (SSSR count). The maximum atomic E-state index is 12.4. The van der Waals surface area contributed by atoms with E-state index in [-0.39, 0.29) is 19.0 Å². The molecule has 0 unspecified atom stereocenters. The highest BCUT2D eigenvalue weighted by Gasteiger charge is 2.29. The summed E-state index contributed by atoms with van der Waals surface area (Å²) in [6.07, 6.45) is 0. The average Bonchev–Trinajstić information content (AvgIpc) is 2.75. The zero-order valence-corrected chi connectivity index (χ0v) is 11.8. The third-order valence-corrected chi connectivity index (χ3v) is 4.63. The smallest absolute Gasteiger partial charge is 0.266 e. The van der Waals surface area contributed by atoms with Crippen LogP contribution in [-0.2, 0) is 9.59 Å². The normalized spacial score (nSPS) is 15.6. The molecule has 0 atom stereocenters. The van der Waals surface area contributed by atoms with Gasteiger partial charge in [-0.3, -0.25) is 19.7 Å². The summed E-state index contributed by atoms with van der Waals surface area (Å²) in [6, 6.07) is 7.41. The van der Waals surface area contributed by atoms with Crippen LogP contribution in [0.15, 0.2) is 24.3 Å². The van der Waals surface area contributed by atoms with E-state index in [1.54, 1.807) is 0 Å². The minimum absolute atomic E-state index is 0.130. The van der Waals surface area contributed by atoms with Gasteiger partial charge in [-0.05, 0) is 6.07 Å². The number of hydrogen-bond acceptors (Lipinski definition) is 4. The van der Waals surface area contributed by atoms with Crippen molar-refractivity contribution in [2.45, 2.75) is 0 Å². The molecular weight excluding hydrogens is 300 g/mol. The summed E-state index contributed by atoms with van der Waals surface area (Å²) in [5.41, 5.74) is 0. The van der Waals surface area contributed by atoms with Crippen molar-refractivity contribution >= 4 is 50.7 Å². The summed E-state index contributed by atoms with van der Waals surface area (Å²) in [5.74, 6) is -1.35. The number of halogens is 1. The van der Waals surface area contributed by atoms with Gasteiger partial charge in [0.1, 0.15) is 18.0 Å². The van der Waals surface area contributed by atoms with Crippen molar-refractivity contribution in [2.75, 3.05) is 13.1 Å². The van der Waals surface area contributed by atoms with E-state index in [1.165, 1.54) is 16.2 Å². The highest BCUT2D eigenvalue weighted by atomic mass is 35.5. The average molecular weight is 309 g/mol. The van der Waals surface area contributed by atoms with Crippen molar-refractivity contribution in [1.29, 1.82) is 0 Å². The van der Waals surface area contributed by atoms with E-state index < -0.39 is 11.8 Å². The van der Waals surface area contributed by atoms with Gasteiger partial charge in [0.05, 0.1) is 5.02 Å². The molecular formula is C13H9ClN2O3S. The lowest BCUT2D eigenvalue weighted by Gasteiger charge is -2.24. The van der Waals surface area contributed by atoms with Gasteiger partial charge in [0.15, 0.2) is 0 Å². The van der Waals surface area contributed by atoms with Crippen LogP contribution < -0.4 is 5.32 Å². The molecule has 0 bridgehead atoms. The SMILES string of the molecule is O=C1CN(C(=O)c2sc3ccccc3c2Cl)CC(=O)N1. The number of piperazine rings is 1. The van der Waals surface area contributed by atoms with Gasteiger partial charge in [0.2, 0.25) is 11.8 Å². The second-order valence-electron chi connectivity index (χ2n) is 4.37. The van der Waals surface area contributed by atoms with Gasteiger partial charge in [-0.15, -0.1) is 11.3 Å². The molecule has 1 aromatic carbocycles. The van der Waals surface area contributed by atoms with E-state index in [1.807, 2.05) is 24.3 Å². The summed E-state index contributed by atoms with van der Waals surface area (Å²) >= 11 is 7.48. The van der Waals surface area contributed by atoms with Crippen LogP contribution in [0, 0.1) is 0 Å². The standard InChI is InChI=1S/C13H9ClN2O3S/c14-11-7-3-1-2-4-8(7)20-12(11)13(19)16-5-9(17)15-10(18)6-16/h1-4H,5-6H2,(H,15,17,18). The van der Waals surface area contributed by atoms with Gasteiger partial charge >= 0.3 is 0 Å². The Labute approximate surface area is 123 Å². The molecule has 5 nitrogen and oxygen atoms in total. The fourth-order valence-corrected chi connectivity index (χ4v) is 3.56. The monoisotopic (exact) mass is 308 g/mol. The second kappa shape index (κ2) is 4.88. The Morgan fingerprint density at radius 2 is 1.85 bits per heavy atom. The quantitative estimate of drug-likeness (QED) is 0.815. The van der Waals surface area contributed by atoms with E-state index in [4.69, 9.17) is 11.6 Å². The zero-order valence-electron chi connectivity index (χ0n) is 10.2. The summed E-state index contributed by atoms with van der Waals surface area (Å²) in [7, 11) is 0. The molecule has 0 aliphatic carbocycles. The van der Waals surface area contributed by atoms with Crippen molar-refractivity contribution in [3.05, 3.63) is 34.2 Å². The maximum absolute atomic E-state index is 12.4. The number of hydrogen-bond donors (Lipinski definition) is 1. The third kappa shape index (κ3) is 2.17. The summed E-state index contributed by atoms with van der Waals surface area (Å²) in [5, 5.41) is 3.33. The van der Waals surface area contributed by atoms with E-state index in [0.29, 0.717) is 9.90 Å². The lowest BCUT2D eigenvalue weighted by molar-refractivity contribution is -0.135. The van der Waals surface area contributed by atoms with E-state index in [9.17, 15) is 14.4 Å². The summed E-state index contributed by atoms with van der Waals surface area (Å²) in [4.78, 5) is 36.6. The Morgan fingerprint density at radius 3 is 2.50 bits per heavy atom. The minimum Gasteiger partial charge on any atom is -0.319 e. The predicted octanol–water partition coefficient (Wildman–Crippen LogP) is 1.65. The first-order valence-electron chi connectivity index (χ1n) is 5.85. The molecule has 1 fully saturated rings.